The minimum absolute atomic E-state index is 0.0184. The van der Waals surface area contributed by atoms with Crippen LogP contribution in [0.3, 0.4) is 0 Å². The van der Waals surface area contributed by atoms with Gasteiger partial charge in [0.2, 0.25) is 5.95 Å². The zero-order valence-electron chi connectivity index (χ0n) is 13.9. The van der Waals surface area contributed by atoms with E-state index >= 15 is 0 Å². The number of hydrogen-bond donors (Lipinski definition) is 2. The first-order valence-electron chi connectivity index (χ1n) is 7.62. The molecule has 2 N–H and O–H groups in total. The molecule has 2 aromatic carbocycles. The molecule has 7 nitrogen and oxygen atoms in total. The zero-order valence-corrected chi connectivity index (χ0v) is 16.2. The lowest BCUT2D eigenvalue weighted by Gasteiger charge is -2.09. The fourth-order valence-electron chi connectivity index (χ4n) is 2.14. The van der Waals surface area contributed by atoms with Crippen molar-refractivity contribution in [1.82, 2.24) is 9.97 Å². The van der Waals surface area contributed by atoms with E-state index in [1.807, 2.05) is 0 Å². The number of benzene rings is 2. The van der Waals surface area contributed by atoms with Gasteiger partial charge in [0.1, 0.15) is 5.82 Å². The lowest BCUT2D eigenvalue weighted by Crippen LogP contribution is -2.15. The summed E-state index contributed by atoms with van der Waals surface area (Å²) in [5.74, 6) is -1.53. The average Bonchev–Trinajstić information content (AvgIpc) is 2.65. The van der Waals surface area contributed by atoms with Crippen LogP contribution >= 0.6 is 23.2 Å². The van der Waals surface area contributed by atoms with Gasteiger partial charge in [0, 0.05) is 18.1 Å². The van der Waals surface area contributed by atoms with Crippen LogP contribution in [-0.4, -0.2) is 24.3 Å². The van der Waals surface area contributed by atoms with Gasteiger partial charge in [0.05, 0.1) is 20.5 Å². The van der Waals surface area contributed by atoms with Crippen molar-refractivity contribution < 1.29 is 17.6 Å². The maximum Gasteiger partial charge on any atom is 0.264 e. The van der Waals surface area contributed by atoms with Crippen LogP contribution in [0.25, 0.3) is 0 Å². The quantitative estimate of drug-likeness (QED) is 0.584. The molecule has 0 radical (unpaired) electrons. The van der Waals surface area contributed by atoms with E-state index in [1.165, 1.54) is 36.7 Å². The standard InChI is InChI=1S/C17H11Cl2FN4O3S/c18-13-9-14(19)15(20)8-12(13)16(25)23-10-2-4-11(5-3-10)28(26,27)24-17-21-6-1-7-22-17/h1-9H,(H,23,25)(H,21,22,24). The minimum atomic E-state index is -3.90. The molecule has 11 heteroatoms. The molecule has 0 saturated heterocycles. The van der Waals surface area contributed by atoms with E-state index in [2.05, 4.69) is 20.0 Å². The molecule has 0 unspecified atom stereocenters. The van der Waals surface area contributed by atoms with Crippen LogP contribution < -0.4 is 10.0 Å². The van der Waals surface area contributed by atoms with Crippen LogP contribution in [0.1, 0.15) is 10.4 Å². The maximum atomic E-state index is 13.6. The number of halogens is 3. The van der Waals surface area contributed by atoms with Crippen LogP contribution in [0.2, 0.25) is 10.0 Å². The first-order chi connectivity index (χ1) is 13.3. The molecular weight excluding hydrogens is 430 g/mol. The Morgan fingerprint density at radius 1 is 1.00 bits per heavy atom. The Hall–Kier alpha value is -2.75. The normalized spacial score (nSPS) is 11.1. The number of amides is 1. The highest BCUT2D eigenvalue weighted by molar-refractivity contribution is 7.92. The summed E-state index contributed by atoms with van der Waals surface area (Å²) in [6, 6.07) is 8.91. The fourth-order valence-corrected chi connectivity index (χ4v) is 3.57. The van der Waals surface area contributed by atoms with E-state index in [9.17, 15) is 17.6 Å². The second-order valence-electron chi connectivity index (χ2n) is 5.40. The molecule has 1 aromatic heterocycles. The van der Waals surface area contributed by atoms with Crippen molar-refractivity contribution in [3.8, 4) is 0 Å². The van der Waals surface area contributed by atoms with Gasteiger partial charge < -0.3 is 5.32 Å². The van der Waals surface area contributed by atoms with Crippen molar-refractivity contribution in [2.75, 3.05) is 10.0 Å². The van der Waals surface area contributed by atoms with Crippen molar-refractivity contribution in [1.29, 1.82) is 0 Å². The SMILES string of the molecule is O=C(Nc1ccc(S(=O)(=O)Nc2ncccn2)cc1)c1cc(F)c(Cl)cc1Cl. The van der Waals surface area contributed by atoms with Crippen LogP contribution in [-0.2, 0) is 10.0 Å². The van der Waals surface area contributed by atoms with Gasteiger partial charge in [-0.05, 0) is 42.5 Å². The predicted molar refractivity (Wildman–Crippen MR) is 104 cm³/mol. The summed E-state index contributed by atoms with van der Waals surface area (Å²) in [4.78, 5) is 19.8. The van der Waals surface area contributed by atoms with Crippen molar-refractivity contribution in [2.24, 2.45) is 0 Å². The number of hydrogen-bond acceptors (Lipinski definition) is 5. The molecule has 0 fully saturated rings. The molecule has 1 heterocycles. The number of carbonyl (C=O) groups is 1. The van der Waals surface area contributed by atoms with Crippen LogP contribution in [0.4, 0.5) is 16.0 Å². The van der Waals surface area contributed by atoms with Gasteiger partial charge in [0.15, 0.2) is 0 Å². The summed E-state index contributed by atoms with van der Waals surface area (Å²) in [6.45, 7) is 0. The third kappa shape index (κ3) is 4.56. The first-order valence-corrected chi connectivity index (χ1v) is 9.86. The summed E-state index contributed by atoms with van der Waals surface area (Å²) < 4.78 is 40.4. The summed E-state index contributed by atoms with van der Waals surface area (Å²) in [6.07, 6.45) is 2.79. The van der Waals surface area contributed by atoms with E-state index in [4.69, 9.17) is 23.2 Å². The number of nitrogens with one attached hydrogen (secondary N) is 2. The number of carbonyl (C=O) groups excluding carboxylic acids is 1. The Morgan fingerprint density at radius 2 is 1.64 bits per heavy atom. The van der Waals surface area contributed by atoms with Gasteiger partial charge in [-0.2, -0.15) is 0 Å². The lowest BCUT2D eigenvalue weighted by atomic mass is 10.2. The second-order valence-corrected chi connectivity index (χ2v) is 7.90. The second kappa shape index (κ2) is 8.09. The summed E-state index contributed by atoms with van der Waals surface area (Å²) in [5.41, 5.74) is 0.175. The summed E-state index contributed by atoms with van der Waals surface area (Å²) in [7, 11) is -3.90. The van der Waals surface area contributed by atoms with Gasteiger partial charge in [-0.25, -0.2) is 27.5 Å². The van der Waals surface area contributed by atoms with E-state index in [-0.39, 0.29) is 32.1 Å². The Morgan fingerprint density at radius 3 is 2.29 bits per heavy atom. The largest absolute Gasteiger partial charge is 0.322 e. The fraction of sp³-hybridized carbons (Fsp3) is 0. The third-order valence-electron chi connectivity index (χ3n) is 3.47. The van der Waals surface area contributed by atoms with Crippen molar-refractivity contribution in [3.63, 3.8) is 0 Å². The minimum Gasteiger partial charge on any atom is -0.322 e. The smallest absolute Gasteiger partial charge is 0.264 e. The average molecular weight is 441 g/mol. The lowest BCUT2D eigenvalue weighted by molar-refractivity contribution is 0.102. The summed E-state index contributed by atoms with van der Waals surface area (Å²) in [5, 5.41) is 2.28. The molecular formula is C17H11Cl2FN4O3S. The van der Waals surface area contributed by atoms with Gasteiger partial charge in [-0.1, -0.05) is 23.2 Å². The molecule has 0 saturated carbocycles. The molecule has 0 aliphatic carbocycles. The molecule has 144 valence electrons. The number of nitrogens with zero attached hydrogens (tertiary/aromatic N) is 2. The molecule has 0 bridgehead atoms. The maximum absolute atomic E-state index is 13.6. The Balaban J connectivity index is 1.76. The van der Waals surface area contributed by atoms with E-state index in [0.717, 1.165) is 12.1 Å². The molecule has 1 amide bonds. The highest BCUT2D eigenvalue weighted by Gasteiger charge is 2.17. The number of rotatable bonds is 5. The van der Waals surface area contributed by atoms with E-state index in [0.29, 0.717) is 0 Å². The topological polar surface area (TPSA) is 101 Å². The monoisotopic (exact) mass is 440 g/mol. The zero-order chi connectivity index (χ0) is 20.3. The van der Waals surface area contributed by atoms with Gasteiger partial charge >= 0.3 is 0 Å². The number of anilines is 2. The van der Waals surface area contributed by atoms with Crippen molar-refractivity contribution in [3.05, 3.63) is 76.3 Å². The number of aromatic nitrogens is 2. The molecule has 28 heavy (non-hydrogen) atoms. The Bertz CT molecular complexity index is 1130. The molecule has 3 aromatic rings. The van der Waals surface area contributed by atoms with Crippen molar-refractivity contribution >= 4 is 50.8 Å². The van der Waals surface area contributed by atoms with E-state index in [1.54, 1.807) is 6.07 Å². The van der Waals surface area contributed by atoms with Gasteiger partial charge in [0.25, 0.3) is 15.9 Å². The molecule has 0 aliphatic heterocycles. The third-order valence-corrected chi connectivity index (χ3v) is 5.41. The van der Waals surface area contributed by atoms with E-state index < -0.39 is 21.7 Å². The summed E-state index contributed by atoms with van der Waals surface area (Å²) >= 11 is 11.5. The highest BCUT2D eigenvalue weighted by Crippen LogP contribution is 2.25. The Labute approximate surface area is 169 Å². The van der Waals surface area contributed by atoms with Crippen LogP contribution in [0.15, 0.2) is 59.8 Å². The highest BCUT2D eigenvalue weighted by atomic mass is 35.5. The predicted octanol–water partition coefficient (Wildman–Crippen LogP) is 3.98. The Kier molecular flexibility index (Phi) is 5.78. The number of sulfonamides is 1. The molecule has 3 rings (SSSR count). The van der Waals surface area contributed by atoms with Crippen molar-refractivity contribution in [2.45, 2.75) is 4.90 Å². The van der Waals surface area contributed by atoms with Crippen LogP contribution in [0, 0.1) is 5.82 Å². The molecule has 0 spiro atoms. The molecule has 0 atom stereocenters. The van der Waals surface area contributed by atoms with Gasteiger partial charge in [-0.3, -0.25) is 4.79 Å². The molecule has 0 aliphatic rings. The van der Waals surface area contributed by atoms with Gasteiger partial charge in [-0.15, -0.1) is 0 Å². The first kappa shape index (κ1) is 20.0. The van der Waals surface area contributed by atoms with Crippen LogP contribution in [0.5, 0.6) is 0 Å².